The maximum atomic E-state index is 12.9. The Morgan fingerprint density at radius 1 is 0.404 bits per heavy atom. The van der Waals surface area contributed by atoms with Gasteiger partial charge in [0.2, 0.25) is 0 Å². The van der Waals surface area contributed by atoms with Gasteiger partial charge in [0.25, 0.3) is 0 Å². The molecular weight excluding hydrogens is 662 g/mol. The molecule has 11 heteroatoms. The Hall–Kier alpha value is -5.59. The van der Waals surface area contributed by atoms with Crippen LogP contribution in [0.15, 0.2) is 115 Å². The number of pyridine rings is 1. The first-order valence-corrected chi connectivity index (χ1v) is 17.3. The first kappa shape index (κ1) is 34.8. The van der Waals surface area contributed by atoms with Crippen molar-refractivity contribution in [3.8, 4) is 0 Å². The number of ether oxygens (including phenoxy) is 6. The van der Waals surface area contributed by atoms with Crippen molar-refractivity contribution in [1.82, 2.24) is 14.1 Å². The summed E-state index contributed by atoms with van der Waals surface area (Å²) < 4.78 is 36.9. The van der Waals surface area contributed by atoms with E-state index >= 15 is 0 Å². The third-order valence-electron chi connectivity index (χ3n) is 8.54. The van der Waals surface area contributed by atoms with Gasteiger partial charge in [-0.05, 0) is 36.4 Å². The summed E-state index contributed by atoms with van der Waals surface area (Å²) in [5.41, 5.74) is 4.80. The zero-order valence-corrected chi connectivity index (χ0v) is 28.6. The average Bonchev–Trinajstić information content (AvgIpc) is 3.70. The standard InChI is InChI=1S/C41H39N3O8/c45-40(43-36-16-5-1-12-32(36)33-13-2-6-17-37(33)43)51-26-24-47-20-22-49-28-30-10-9-11-31(42-30)29-50-23-21-48-25-27-52-41(46)44-38-18-7-3-14-34(38)35-15-4-8-19-39(35)44/h1-19H,20-29H2. The Kier molecular flexibility index (Phi) is 11.4. The lowest BCUT2D eigenvalue weighted by molar-refractivity contribution is 0.0207. The summed E-state index contributed by atoms with van der Waals surface area (Å²) in [7, 11) is 0. The number of hydrogen-bond acceptors (Lipinski definition) is 9. The summed E-state index contributed by atoms with van der Waals surface area (Å²) in [5, 5.41) is 4.02. The summed E-state index contributed by atoms with van der Waals surface area (Å²) in [6.07, 6.45) is -0.872. The van der Waals surface area contributed by atoms with Crippen LogP contribution >= 0.6 is 0 Å². The molecule has 0 aliphatic carbocycles. The molecule has 3 heterocycles. The number of para-hydroxylation sites is 4. The van der Waals surface area contributed by atoms with Crippen molar-refractivity contribution >= 4 is 55.8 Å². The lowest BCUT2D eigenvalue weighted by atomic mass is 10.2. The van der Waals surface area contributed by atoms with Crippen LogP contribution in [0.2, 0.25) is 0 Å². The van der Waals surface area contributed by atoms with Crippen LogP contribution in [-0.4, -0.2) is 79.2 Å². The molecule has 0 atom stereocenters. The number of rotatable bonds is 16. The van der Waals surface area contributed by atoms with Crippen LogP contribution in [-0.2, 0) is 41.6 Å². The van der Waals surface area contributed by atoms with Crippen LogP contribution in [0.5, 0.6) is 0 Å². The molecule has 0 radical (unpaired) electrons. The zero-order chi connectivity index (χ0) is 35.5. The first-order chi connectivity index (χ1) is 25.7. The summed E-state index contributed by atoms with van der Waals surface area (Å²) in [4.78, 5) is 30.4. The maximum absolute atomic E-state index is 12.9. The molecule has 0 saturated carbocycles. The topological polar surface area (TPSA) is 112 Å². The van der Waals surface area contributed by atoms with E-state index in [2.05, 4.69) is 4.98 Å². The van der Waals surface area contributed by atoms with E-state index in [1.165, 1.54) is 0 Å². The summed E-state index contributed by atoms with van der Waals surface area (Å²) in [6, 6.07) is 36.8. The van der Waals surface area contributed by atoms with Gasteiger partial charge < -0.3 is 28.4 Å². The largest absolute Gasteiger partial charge is 0.446 e. The second-order valence-corrected chi connectivity index (χ2v) is 11.9. The number of nitrogens with zero attached hydrogens (tertiary/aromatic N) is 3. The van der Waals surface area contributed by atoms with E-state index < -0.39 is 12.2 Å². The van der Waals surface area contributed by atoms with Crippen molar-refractivity contribution in [2.45, 2.75) is 13.2 Å². The Labute approximate surface area is 300 Å². The number of carbonyl (C=O) groups excluding carboxylic acids is 2. The molecule has 4 aromatic carbocycles. The van der Waals surface area contributed by atoms with Crippen molar-refractivity contribution in [3.63, 3.8) is 0 Å². The number of carbonyl (C=O) groups is 2. The molecule has 0 bridgehead atoms. The highest BCUT2D eigenvalue weighted by molar-refractivity contribution is 6.13. The summed E-state index contributed by atoms with van der Waals surface area (Å²) in [5.74, 6) is 0. The van der Waals surface area contributed by atoms with Gasteiger partial charge in [-0.25, -0.2) is 18.7 Å². The third-order valence-corrected chi connectivity index (χ3v) is 8.54. The molecule has 0 saturated heterocycles. The van der Waals surface area contributed by atoms with Crippen molar-refractivity contribution < 1.29 is 38.0 Å². The van der Waals surface area contributed by atoms with Crippen molar-refractivity contribution in [3.05, 3.63) is 127 Å². The molecule has 0 amide bonds. The summed E-state index contributed by atoms with van der Waals surface area (Å²) in [6.45, 7) is 2.89. The number of benzene rings is 4. The van der Waals surface area contributed by atoms with Gasteiger partial charge >= 0.3 is 12.2 Å². The predicted molar refractivity (Wildman–Crippen MR) is 198 cm³/mol. The van der Waals surface area contributed by atoms with Gasteiger partial charge in [0.05, 0.1) is 86.3 Å². The Balaban J connectivity index is 0.741. The number of fused-ring (bicyclic) bond motifs is 6. The molecule has 7 aromatic rings. The van der Waals surface area contributed by atoms with Gasteiger partial charge in [-0.15, -0.1) is 0 Å². The van der Waals surface area contributed by atoms with E-state index in [0.29, 0.717) is 39.6 Å². The van der Waals surface area contributed by atoms with Crippen LogP contribution in [0.3, 0.4) is 0 Å². The van der Waals surface area contributed by atoms with Gasteiger partial charge in [0, 0.05) is 21.5 Å². The van der Waals surface area contributed by atoms with E-state index in [4.69, 9.17) is 28.4 Å². The van der Waals surface area contributed by atoms with Crippen LogP contribution < -0.4 is 0 Å². The smallest absolute Gasteiger partial charge is 0.419 e. The highest BCUT2D eigenvalue weighted by Gasteiger charge is 2.17. The molecular formula is C41H39N3O8. The molecule has 11 nitrogen and oxygen atoms in total. The van der Waals surface area contributed by atoms with Gasteiger partial charge in [-0.2, -0.15) is 0 Å². The Bertz CT molecular complexity index is 2030. The first-order valence-electron chi connectivity index (χ1n) is 17.3. The molecule has 0 aliphatic rings. The minimum absolute atomic E-state index is 0.130. The number of hydrogen-bond donors (Lipinski definition) is 0. The second kappa shape index (κ2) is 17.1. The van der Waals surface area contributed by atoms with Crippen molar-refractivity contribution in [2.24, 2.45) is 0 Å². The van der Waals surface area contributed by atoms with Gasteiger partial charge in [-0.1, -0.05) is 78.9 Å². The molecule has 0 aliphatic heterocycles. The minimum atomic E-state index is -0.436. The predicted octanol–water partition coefficient (Wildman–Crippen LogP) is 7.73. The minimum Gasteiger partial charge on any atom is -0.446 e. The van der Waals surface area contributed by atoms with Crippen LogP contribution in [0.1, 0.15) is 11.4 Å². The Morgan fingerprint density at radius 3 is 1.12 bits per heavy atom. The fourth-order valence-corrected chi connectivity index (χ4v) is 6.23. The fraction of sp³-hybridized carbons (Fsp3) is 0.244. The van der Waals surface area contributed by atoms with Gasteiger partial charge in [0.15, 0.2) is 0 Å². The lowest BCUT2D eigenvalue weighted by Gasteiger charge is -2.10. The normalized spacial score (nSPS) is 11.5. The second-order valence-electron chi connectivity index (χ2n) is 11.9. The molecule has 0 unspecified atom stereocenters. The van der Waals surface area contributed by atoms with Crippen LogP contribution in [0, 0.1) is 0 Å². The van der Waals surface area contributed by atoms with E-state index in [-0.39, 0.29) is 26.4 Å². The van der Waals surface area contributed by atoms with E-state index in [1.54, 1.807) is 9.13 Å². The van der Waals surface area contributed by atoms with E-state index in [0.717, 1.165) is 55.0 Å². The third kappa shape index (κ3) is 7.98. The molecule has 3 aromatic heterocycles. The van der Waals surface area contributed by atoms with Crippen molar-refractivity contribution in [2.75, 3.05) is 52.9 Å². The van der Waals surface area contributed by atoms with Crippen LogP contribution in [0.25, 0.3) is 43.6 Å². The average molecular weight is 702 g/mol. The monoisotopic (exact) mass is 701 g/mol. The van der Waals surface area contributed by atoms with Gasteiger partial charge in [0.1, 0.15) is 13.2 Å². The fourth-order valence-electron chi connectivity index (χ4n) is 6.23. The summed E-state index contributed by atoms with van der Waals surface area (Å²) >= 11 is 0. The van der Waals surface area contributed by atoms with E-state index in [1.807, 2.05) is 115 Å². The lowest BCUT2D eigenvalue weighted by Crippen LogP contribution is -2.17. The molecule has 7 rings (SSSR count). The molecule has 52 heavy (non-hydrogen) atoms. The van der Waals surface area contributed by atoms with Gasteiger partial charge in [-0.3, -0.25) is 4.98 Å². The SMILES string of the molecule is O=C(OCCOCCOCc1cccc(COCCOCCOC(=O)n2c3ccccc3c3ccccc32)n1)n1c2ccccc2c2ccccc21. The molecule has 0 spiro atoms. The zero-order valence-electron chi connectivity index (χ0n) is 28.6. The van der Waals surface area contributed by atoms with Crippen LogP contribution in [0.4, 0.5) is 9.59 Å². The highest BCUT2D eigenvalue weighted by atomic mass is 16.6. The molecule has 0 N–H and O–H groups in total. The highest BCUT2D eigenvalue weighted by Crippen LogP contribution is 2.30. The number of aromatic nitrogens is 3. The van der Waals surface area contributed by atoms with E-state index in [9.17, 15) is 9.59 Å². The quantitative estimate of drug-likeness (QED) is 0.0935. The Morgan fingerprint density at radius 2 is 0.731 bits per heavy atom. The van der Waals surface area contributed by atoms with Crippen molar-refractivity contribution in [1.29, 1.82) is 0 Å². The molecule has 0 fully saturated rings. The maximum Gasteiger partial charge on any atom is 0.419 e. The molecule has 266 valence electrons.